The van der Waals surface area contributed by atoms with E-state index in [0.29, 0.717) is 36.8 Å². The molecule has 0 aliphatic rings. The highest BCUT2D eigenvalue weighted by atomic mass is 15.3. The van der Waals surface area contributed by atoms with Crippen LogP contribution in [0.1, 0.15) is 113 Å². The van der Waals surface area contributed by atoms with Gasteiger partial charge in [0.15, 0.2) is 0 Å². The minimum absolute atomic E-state index is 0.424. The van der Waals surface area contributed by atoms with Gasteiger partial charge in [-0.2, -0.15) is 10.2 Å². The van der Waals surface area contributed by atoms with Gasteiger partial charge in [-0.3, -0.25) is 14.3 Å². The third-order valence-corrected chi connectivity index (χ3v) is 5.51. The van der Waals surface area contributed by atoms with Crippen LogP contribution in [-0.4, -0.2) is 24.5 Å². The van der Waals surface area contributed by atoms with Gasteiger partial charge in [-0.1, -0.05) is 61.5 Å². The van der Waals surface area contributed by atoms with Crippen LogP contribution >= 0.6 is 0 Å². The summed E-state index contributed by atoms with van der Waals surface area (Å²) in [7, 11) is 0. The number of aromatic nitrogens is 5. The van der Waals surface area contributed by atoms with Crippen molar-refractivity contribution in [3.8, 4) is 0 Å². The highest BCUT2D eigenvalue weighted by Crippen LogP contribution is 2.23. The number of rotatable bonds is 8. The second-order valence-corrected chi connectivity index (χ2v) is 9.54. The van der Waals surface area contributed by atoms with Crippen molar-refractivity contribution in [3.05, 3.63) is 64.5 Å². The van der Waals surface area contributed by atoms with Crippen LogP contribution in [0, 0.1) is 0 Å². The Labute approximate surface area is 181 Å². The van der Waals surface area contributed by atoms with E-state index in [0.717, 1.165) is 22.8 Å². The molecular weight excluding hydrogens is 370 g/mol. The van der Waals surface area contributed by atoms with Gasteiger partial charge in [0.1, 0.15) is 0 Å². The largest absolute Gasteiger partial charge is 0.263 e. The fourth-order valence-corrected chi connectivity index (χ4v) is 3.66. The van der Waals surface area contributed by atoms with Gasteiger partial charge in [-0.05, 0) is 47.9 Å². The summed E-state index contributed by atoms with van der Waals surface area (Å²) in [4.78, 5) is 4.95. The van der Waals surface area contributed by atoms with Gasteiger partial charge in [0.25, 0.3) is 0 Å². The summed E-state index contributed by atoms with van der Waals surface area (Å²) >= 11 is 0. The maximum absolute atomic E-state index is 4.95. The van der Waals surface area contributed by atoms with Crippen molar-refractivity contribution in [2.45, 2.75) is 92.2 Å². The normalized spacial score (nSPS) is 12.1. The Bertz CT molecular complexity index is 900. The van der Waals surface area contributed by atoms with E-state index in [1.54, 1.807) is 0 Å². The molecule has 3 aromatic heterocycles. The number of hydrogen-bond acceptors (Lipinski definition) is 3. The number of nitrogens with zero attached hydrogens (tertiary/aromatic N) is 5. The molecule has 0 bridgehead atoms. The lowest BCUT2D eigenvalue weighted by Crippen LogP contribution is -2.12. The molecule has 162 valence electrons. The molecule has 0 aliphatic heterocycles. The third-order valence-electron chi connectivity index (χ3n) is 5.51. The maximum Gasteiger partial charge on any atom is 0.0834 e. The maximum atomic E-state index is 4.95. The first kappa shape index (κ1) is 22.3. The van der Waals surface area contributed by atoms with E-state index in [-0.39, 0.29) is 0 Å². The van der Waals surface area contributed by atoms with Crippen LogP contribution in [0.15, 0.2) is 30.3 Å². The molecule has 3 rings (SSSR count). The van der Waals surface area contributed by atoms with E-state index in [1.165, 1.54) is 11.4 Å². The van der Waals surface area contributed by atoms with Crippen LogP contribution in [0.3, 0.4) is 0 Å². The van der Waals surface area contributed by atoms with Gasteiger partial charge in [-0.25, -0.2) is 0 Å². The van der Waals surface area contributed by atoms with Crippen LogP contribution < -0.4 is 0 Å². The molecule has 0 radical (unpaired) electrons. The summed E-state index contributed by atoms with van der Waals surface area (Å²) in [6.45, 7) is 19.0. The number of pyridine rings is 1. The SMILES string of the molecule is CC(C)c1cc(C(C)C)n(Cc2cccc(Cn3nc(C(C)C)cc3C(C)C)n2)n1. The van der Waals surface area contributed by atoms with Crippen LogP contribution in [0.4, 0.5) is 0 Å². The minimum atomic E-state index is 0.424. The average molecular weight is 408 g/mol. The van der Waals surface area contributed by atoms with Gasteiger partial charge >= 0.3 is 0 Å². The summed E-state index contributed by atoms with van der Waals surface area (Å²) in [5.41, 5.74) is 6.90. The van der Waals surface area contributed by atoms with Crippen molar-refractivity contribution >= 4 is 0 Å². The Morgan fingerprint density at radius 1 is 0.633 bits per heavy atom. The molecule has 5 heteroatoms. The molecule has 30 heavy (non-hydrogen) atoms. The molecule has 0 atom stereocenters. The zero-order valence-electron chi connectivity index (χ0n) is 19.8. The molecule has 0 saturated heterocycles. The van der Waals surface area contributed by atoms with E-state index >= 15 is 0 Å². The highest BCUT2D eigenvalue weighted by molar-refractivity contribution is 5.20. The first-order valence-electron chi connectivity index (χ1n) is 11.3. The fraction of sp³-hybridized carbons (Fsp3) is 0.560. The predicted octanol–water partition coefficient (Wildman–Crippen LogP) is 6.06. The Hall–Kier alpha value is -2.43. The lowest BCUT2D eigenvalue weighted by molar-refractivity contribution is 0.581. The molecule has 0 saturated carbocycles. The molecule has 0 spiro atoms. The molecular formula is C25H37N5. The van der Waals surface area contributed by atoms with Gasteiger partial charge < -0.3 is 0 Å². The van der Waals surface area contributed by atoms with Gasteiger partial charge in [0, 0.05) is 11.4 Å². The summed E-state index contributed by atoms with van der Waals surface area (Å²) in [6.07, 6.45) is 0. The van der Waals surface area contributed by atoms with E-state index in [4.69, 9.17) is 15.2 Å². The average Bonchev–Trinajstić information content (AvgIpc) is 3.27. The van der Waals surface area contributed by atoms with Crippen LogP contribution in [0.5, 0.6) is 0 Å². The van der Waals surface area contributed by atoms with E-state index in [1.807, 2.05) is 0 Å². The first-order chi connectivity index (χ1) is 14.2. The highest BCUT2D eigenvalue weighted by Gasteiger charge is 2.16. The molecule has 5 nitrogen and oxygen atoms in total. The first-order valence-corrected chi connectivity index (χ1v) is 11.3. The summed E-state index contributed by atoms with van der Waals surface area (Å²) in [5, 5.41) is 9.72. The van der Waals surface area contributed by atoms with Crippen molar-refractivity contribution < 1.29 is 0 Å². The van der Waals surface area contributed by atoms with Crippen molar-refractivity contribution in [1.29, 1.82) is 0 Å². The zero-order chi connectivity index (χ0) is 22.0. The monoisotopic (exact) mass is 407 g/mol. The predicted molar refractivity (Wildman–Crippen MR) is 123 cm³/mol. The summed E-state index contributed by atoms with van der Waals surface area (Å²) < 4.78 is 4.24. The van der Waals surface area contributed by atoms with E-state index in [2.05, 4.69) is 95.1 Å². The van der Waals surface area contributed by atoms with Crippen molar-refractivity contribution in [3.63, 3.8) is 0 Å². The van der Waals surface area contributed by atoms with Crippen molar-refractivity contribution in [2.75, 3.05) is 0 Å². The molecule has 0 aromatic carbocycles. The summed E-state index contributed by atoms with van der Waals surface area (Å²) in [6, 6.07) is 10.8. The molecule has 0 N–H and O–H groups in total. The second-order valence-electron chi connectivity index (χ2n) is 9.54. The Kier molecular flexibility index (Phi) is 6.79. The smallest absolute Gasteiger partial charge is 0.0834 e. The quantitative estimate of drug-likeness (QED) is 0.456. The van der Waals surface area contributed by atoms with E-state index in [9.17, 15) is 0 Å². The molecule has 0 unspecified atom stereocenters. The Morgan fingerprint density at radius 3 is 1.37 bits per heavy atom. The molecule has 3 heterocycles. The zero-order valence-corrected chi connectivity index (χ0v) is 19.8. The molecule has 0 amide bonds. The van der Waals surface area contributed by atoms with Crippen LogP contribution in [0.2, 0.25) is 0 Å². The second kappa shape index (κ2) is 9.15. The molecule has 0 aliphatic carbocycles. The molecule has 0 fully saturated rings. The fourth-order valence-electron chi connectivity index (χ4n) is 3.66. The van der Waals surface area contributed by atoms with Crippen molar-refractivity contribution in [2.24, 2.45) is 0 Å². The lowest BCUT2D eigenvalue weighted by Gasteiger charge is -2.12. The topological polar surface area (TPSA) is 48.5 Å². The summed E-state index contributed by atoms with van der Waals surface area (Å²) in [5.74, 6) is 1.71. The standard InChI is InChI=1S/C25H37N5/c1-16(2)22-12-24(18(5)6)29(27-22)14-20-10-9-11-21(26-20)15-30-25(19(7)8)13-23(28-30)17(3)4/h9-13,16-19H,14-15H2,1-8H3. The van der Waals surface area contributed by atoms with Crippen LogP contribution in [0.25, 0.3) is 0 Å². The Morgan fingerprint density at radius 2 is 1.03 bits per heavy atom. The number of hydrogen-bond donors (Lipinski definition) is 0. The Balaban J connectivity index is 1.86. The van der Waals surface area contributed by atoms with Gasteiger partial charge in [-0.15, -0.1) is 0 Å². The third kappa shape index (κ3) is 5.00. The van der Waals surface area contributed by atoms with Crippen molar-refractivity contribution in [1.82, 2.24) is 24.5 Å². The minimum Gasteiger partial charge on any atom is -0.263 e. The van der Waals surface area contributed by atoms with E-state index < -0.39 is 0 Å². The lowest BCUT2D eigenvalue weighted by atomic mass is 10.1. The van der Waals surface area contributed by atoms with Gasteiger partial charge in [0.05, 0.1) is 35.9 Å². The van der Waals surface area contributed by atoms with Crippen LogP contribution in [-0.2, 0) is 13.1 Å². The molecule has 3 aromatic rings. The van der Waals surface area contributed by atoms with Gasteiger partial charge in [0.2, 0.25) is 0 Å².